The second-order valence-electron chi connectivity index (χ2n) is 11.9. The first-order chi connectivity index (χ1) is 22.7. The predicted molar refractivity (Wildman–Crippen MR) is 188 cm³/mol. The fourth-order valence-corrected chi connectivity index (χ4v) is 6.68. The van der Waals surface area contributed by atoms with Gasteiger partial charge in [0.15, 0.2) is 9.92 Å². The molecule has 238 valence electrons. The van der Waals surface area contributed by atoms with Crippen LogP contribution in [0.1, 0.15) is 25.0 Å². The van der Waals surface area contributed by atoms with Crippen molar-refractivity contribution in [3.05, 3.63) is 116 Å². The van der Waals surface area contributed by atoms with E-state index in [1.165, 1.54) is 22.7 Å². The van der Waals surface area contributed by atoms with Gasteiger partial charge in [0.25, 0.3) is 0 Å². The van der Waals surface area contributed by atoms with E-state index in [0.29, 0.717) is 39.7 Å². The smallest absolute Gasteiger partial charge is 0.345 e. The summed E-state index contributed by atoms with van der Waals surface area (Å²) >= 11 is 3.07. The molecule has 1 N–H and O–H groups in total. The number of aromatic nitrogens is 4. The molecule has 6 aromatic heterocycles. The van der Waals surface area contributed by atoms with Gasteiger partial charge in [-0.1, -0.05) is 38.1 Å². The summed E-state index contributed by atoms with van der Waals surface area (Å²) in [5, 5.41) is 9.08. The van der Waals surface area contributed by atoms with E-state index in [2.05, 4.69) is 40.1 Å². The Morgan fingerprint density at radius 1 is 0.766 bits per heavy atom. The zero-order chi connectivity index (χ0) is 32.7. The van der Waals surface area contributed by atoms with Crippen LogP contribution in [0.4, 0.5) is 0 Å². The quantitative estimate of drug-likeness (QED) is 0.183. The number of hydrogen-bond donors (Lipinski definition) is 1. The van der Waals surface area contributed by atoms with Crippen molar-refractivity contribution in [2.24, 2.45) is 0 Å². The van der Waals surface area contributed by atoms with Gasteiger partial charge in [0, 0.05) is 65.5 Å². The topological polar surface area (TPSA) is 110 Å². The SMILES string of the molecule is CC(C)NCc1ccc2cc(-c3cn4ccsc4n3)c(=O)oc2c1.CN(C)Cc1ccc2cc(-c3cn4ccsc4n3)c(=O)oc2c1. The minimum atomic E-state index is -0.359. The lowest BCUT2D eigenvalue weighted by Gasteiger charge is -2.09. The molecule has 0 atom stereocenters. The predicted octanol–water partition coefficient (Wildman–Crippen LogP) is 6.90. The highest BCUT2D eigenvalue weighted by molar-refractivity contribution is 7.15. The number of nitrogens with zero attached hydrogens (tertiary/aromatic N) is 5. The van der Waals surface area contributed by atoms with Gasteiger partial charge in [0.05, 0.1) is 22.5 Å². The van der Waals surface area contributed by atoms with E-state index in [1.807, 2.05) is 101 Å². The summed E-state index contributed by atoms with van der Waals surface area (Å²) in [4.78, 5) is 37.5. The van der Waals surface area contributed by atoms with Gasteiger partial charge in [0.1, 0.15) is 11.2 Å². The molecule has 0 fully saturated rings. The van der Waals surface area contributed by atoms with Crippen LogP contribution in [0.15, 0.2) is 103 Å². The number of benzene rings is 2. The largest absolute Gasteiger partial charge is 0.422 e. The number of nitrogens with one attached hydrogen (secondary N) is 1. The van der Waals surface area contributed by atoms with Crippen molar-refractivity contribution in [2.75, 3.05) is 14.1 Å². The molecule has 2 aromatic carbocycles. The van der Waals surface area contributed by atoms with Crippen molar-refractivity contribution in [1.82, 2.24) is 29.0 Å². The van der Waals surface area contributed by atoms with E-state index in [9.17, 15) is 9.59 Å². The monoisotopic (exact) mass is 664 g/mol. The van der Waals surface area contributed by atoms with E-state index in [1.54, 1.807) is 0 Å². The van der Waals surface area contributed by atoms with Gasteiger partial charge in [-0.2, -0.15) is 0 Å². The van der Waals surface area contributed by atoms with Crippen molar-refractivity contribution in [3.63, 3.8) is 0 Å². The molecule has 12 heteroatoms. The maximum Gasteiger partial charge on any atom is 0.345 e. The van der Waals surface area contributed by atoms with E-state index in [-0.39, 0.29) is 11.3 Å². The van der Waals surface area contributed by atoms with Gasteiger partial charge in [-0.3, -0.25) is 8.80 Å². The average Bonchev–Trinajstić information content (AvgIpc) is 3.81. The maximum absolute atomic E-state index is 12.4. The van der Waals surface area contributed by atoms with E-state index in [4.69, 9.17) is 8.83 Å². The van der Waals surface area contributed by atoms with Crippen LogP contribution < -0.4 is 16.6 Å². The molecule has 6 heterocycles. The van der Waals surface area contributed by atoms with Crippen LogP contribution in [0.25, 0.3) is 54.4 Å². The number of rotatable bonds is 7. The summed E-state index contributed by atoms with van der Waals surface area (Å²) in [6, 6.07) is 16.0. The Morgan fingerprint density at radius 3 is 1.77 bits per heavy atom. The van der Waals surface area contributed by atoms with Gasteiger partial charge < -0.3 is 19.1 Å². The molecule has 8 aromatic rings. The van der Waals surface area contributed by atoms with Crippen molar-refractivity contribution >= 4 is 54.5 Å². The van der Waals surface area contributed by atoms with Gasteiger partial charge >= 0.3 is 11.3 Å². The van der Waals surface area contributed by atoms with Crippen molar-refractivity contribution in [2.45, 2.75) is 33.0 Å². The molecule has 47 heavy (non-hydrogen) atoms. The zero-order valence-electron chi connectivity index (χ0n) is 26.3. The summed E-state index contributed by atoms with van der Waals surface area (Å²) in [6.07, 6.45) is 7.55. The summed E-state index contributed by atoms with van der Waals surface area (Å²) < 4.78 is 14.9. The Morgan fingerprint density at radius 2 is 1.28 bits per heavy atom. The molecule has 0 aliphatic rings. The lowest BCUT2D eigenvalue weighted by atomic mass is 10.1. The third-order valence-corrected chi connectivity index (χ3v) is 9.09. The first-order valence-corrected chi connectivity index (χ1v) is 16.8. The molecule has 10 nitrogen and oxygen atoms in total. The van der Waals surface area contributed by atoms with Crippen LogP contribution in [-0.4, -0.2) is 43.8 Å². The van der Waals surface area contributed by atoms with Gasteiger partial charge in [-0.05, 0) is 49.5 Å². The Bertz CT molecular complexity index is 2420. The number of thiazole rings is 2. The normalized spacial score (nSPS) is 11.8. The van der Waals surface area contributed by atoms with Crippen molar-refractivity contribution in [3.8, 4) is 22.5 Å². The Hall–Kier alpha value is -4.88. The lowest BCUT2D eigenvalue weighted by Crippen LogP contribution is -2.21. The highest BCUT2D eigenvalue weighted by Crippen LogP contribution is 2.25. The average molecular weight is 665 g/mol. The van der Waals surface area contributed by atoms with Crippen LogP contribution in [0.2, 0.25) is 0 Å². The Balaban J connectivity index is 0.000000150. The molecule has 0 spiro atoms. The molecular formula is C35H32N6O4S2. The number of fused-ring (bicyclic) bond motifs is 4. The fraction of sp³-hybridized carbons (Fsp3) is 0.200. The van der Waals surface area contributed by atoms with Crippen LogP contribution in [0, 0.1) is 0 Å². The van der Waals surface area contributed by atoms with Crippen LogP contribution in [0.5, 0.6) is 0 Å². The highest BCUT2D eigenvalue weighted by atomic mass is 32.1. The Labute approximate surface area is 277 Å². The minimum absolute atomic E-state index is 0.356. The molecule has 0 amide bonds. The summed E-state index contributed by atoms with van der Waals surface area (Å²) in [5.74, 6) is 0. The second-order valence-corrected chi connectivity index (χ2v) is 13.6. The third kappa shape index (κ3) is 6.54. The molecule has 0 unspecified atom stereocenters. The molecular weight excluding hydrogens is 633 g/mol. The maximum atomic E-state index is 12.4. The summed E-state index contributed by atoms with van der Waals surface area (Å²) in [5.41, 5.74) is 4.98. The Kier molecular flexibility index (Phi) is 8.33. The molecule has 0 aliphatic carbocycles. The van der Waals surface area contributed by atoms with E-state index < -0.39 is 0 Å². The zero-order valence-corrected chi connectivity index (χ0v) is 27.9. The third-order valence-electron chi connectivity index (χ3n) is 7.55. The molecule has 0 saturated heterocycles. The number of hydrogen-bond acceptors (Lipinski definition) is 10. The molecule has 8 rings (SSSR count). The molecule has 0 radical (unpaired) electrons. The van der Waals surface area contributed by atoms with Crippen molar-refractivity contribution in [1.29, 1.82) is 0 Å². The van der Waals surface area contributed by atoms with Gasteiger partial charge in [-0.25, -0.2) is 19.6 Å². The minimum Gasteiger partial charge on any atom is -0.422 e. The summed E-state index contributed by atoms with van der Waals surface area (Å²) in [6.45, 7) is 5.75. The van der Waals surface area contributed by atoms with Gasteiger partial charge in [-0.15, -0.1) is 22.7 Å². The van der Waals surface area contributed by atoms with Crippen LogP contribution in [0.3, 0.4) is 0 Å². The molecule has 0 saturated carbocycles. The summed E-state index contributed by atoms with van der Waals surface area (Å²) in [7, 11) is 4.02. The highest BCUT2D eigenvalue weighted by Gasteiger charge is 2.14. The molecule has 0 aliphatic heterocycles. The van der Waals surface area contributed by atoms with Crippen LogP contribution >= 0.6 is 22.7 Å². The molecule has 0 bridgehead atoms. The number of imidazole rings is 2. The van der Waals surface area contributed by atoms with Crippen molar-refractivity contribution < 1.29 is 8.83 Å². The van der Waals surface area contributed by atoms with Crippen LogP contribution in [-0.2, 0) is 13.1 Å². The lowest BCUT2D eigenvalue weighted by molar-refractivity contribution is 0.402. The standard InChI is InChI=1S/C18H17N3O2S.C17H15N3O2S/c1-11(2)19-9-12-3-4-13-8-14(17(22)23-16(13)7-12)15-10-21-5-6-24-18(21)20-15;1-19(2)9-11-3-4-12-8-13(16(21)22-15(12)7-11)14-10-20-5-6-23-17(20)18-14/h3-8,10-11,19H,9H2,1-2H3;3-8,10H,9H2,1-2H3. The fourth-order valence-electron chi connectivity index (χ4n) is 5.28. The first-order valence-electron chi connectivity index (χ1n) is 15.1. The first kappa shape index (κ1) is 30.8. The van der Waals surface area contributed by atoms with E-state index in [0.717, 1.165) is 44.9 Å². The van der Waals surface area contributed by atoms with Gasteiger partial charge in [0.2, 0.25) is 0 Å². The second kappa shape index (κ2) is 12.7. The van der Waals surface area contributed by atoms with E-state index >= 15 is 0 Å².